The van der Waals surface area contributed by atoms with Gasteiger partial charge in [0.05, 0.1) is 17.1 Å². The van der Waals surface area contributed by atoms with E-state index in [1.165, 1.54) is 5.56 Å². The molecule has 4 rings (SSSR count). The normalized spacial score (nSPS) is 12.7. The summed E-state index contributed by atoms with van der Waals surface area (Å²) >= 11 is 5.42. The van der Waals surface area contributed by atoms with Crippen LogP contribution in [0.2, 0.25) is 0 Å². The van der Waals surface area contributed by atoms with Crippen molar-refractivity contribution in [3.63, 3.8) is 0 Å². The number of nitrogens with one attached hydrogen (secondary N) is 3. The van der Waals surface area contributed by atoms with Crippen LogP contribution in [-0.4, -0.2) is 14.5 Å². The van der Waals surface area contributed by atoms with Crippen LogP contribution in [0.1, 0.15) is 23.2 Å². The number of fused-ring (bicyclic) bond motifs is 1. The molecule has 2 aromatic carbocycles. The average Bonchev–Trinajstić information content (AvgIpc) is 2.96. The lowest BCUT2D eigenvalue weighted by atomic mass is 9.95. The predicted molar refractivity (Wildman–Crippen MR) is 121 cm³/mol. The summed E-state index contributed by atoms with van der Waals surface area (Å²) in [4.78, 5) is 13.0. The molecule has 1 heterocycles. The maximum Gasteiger partial charge on any atom is 0.295 e. The molecular formula is C22H23N5OS. The zero-order chi connectivity index (χ0) is 20.4. The van der Waals surface area contributed by atoms with Crippen molar-refractivity contribution in [1.82, 2.24) is 20.2 Å². The van der Waals surface area contributed by atoms with Crippen molar-refractivity contribution in [1.29, 1.82) is 0 Å². The molecule has 3 aromatic rings. The smallest absolute Gasteiger partial charge is 0.295 e. The summed E-state index contributed by atoms with van der Waals surface area (Å²) in [6.07, 6.45) is 4.15. The first kappa shape index (κ1) is 19.0. The minimum Gasteiger partial charge on any atom is -0.325 e. The van der Waals surface area contributed by atoms with E-state index in [1.807, 2.05) is 55.1 Å². The van der Waals surface area contributed by atoms with Crippen LogP contribution in [0.25, 0.3) is 11.4 Å². The Morgan fingerprint density at radius 2 is 1.79 bits per heavy atom. The van der Waals surface area contributed by atoms with E-state index in [1.54, 1.807) is 4.68 Å². The number of benzene rings is 2. The third-order valence-electron chi connectivity index (χ3n) is 5.17. The topological polar surface area (TPSA) is 63.0 Å². The van der Waals surface area contributed by atoms with E-state index in [9.17, 15) is 4.79 Å². The molecule has 6 nitrogen and oxygen atoms in total. The second kappa shape index (κ2) is 7.97. The van der Waals surface area contributed by atoms with E-state index >= 15 is 0 Å². The van der Waals surface area contributed by atoms with Crippen LogP contribution >= 0.6 is 12.2 Å². The van der Waals surface area contributed by atoms with Gasteiger partial charge in [-0.2, -0.15) is 0 Å². The highest BCUT2D eigenvalue weighted by molar-refractivity contribution is 7.80. The number of thiocarbonyl (C=S) groups is 1. The molecule has 1 aliphatic rings. The lowest BCUT2D eigenvalue weighted by molar-refractivity contribution is 0.630. The Kier molecular flexibility index (Phi) is 5.22. The molecule has 0 radical (unpaired) electrons. The first-order valence-electron chi connectivity index (χ1n) is 9.51. The molecule has 0 saturated heterocycles. The molecule has 0 spiro atoms. The molecule has 29 heavy (non-hydrogen) atoms. The van der Waals surface area contributed by atoms with E-state index in [0.717, 1.165) is 35.5 Å². The molecule has 0 atom stereocenters. The summed E-state index contributed by atoms with van der Waals surface area (Å²) in [7, 11) is 1.85. The van der Waals surface area contributed by atoms with Gasteiger partial charge in [0.2, 0.25) is 0 Å². The number of hydrogen-bond acceptors (Lipinski definition) is 3. The lowest BCUT2D eigenvalue weighted by Gasteiger charge is -2.20. The van der Waals surface area contributed by atoms with Crippen molar-refractivity contribution in [3.05, 3.63) is 87.8 Å². The van der Waals surface area contributed by atoms with Crippen molar-refractivity contribution < 1.29 is 0 Å². The number of nitrogens with zero attached hydrogens (tertiary/aromatic N) is 2. The summed E-state index contributed by atoms with van der Waals surface area (Å²) in [6, 6.07) is 17.8. The second-order valence-corrected chi connectivity index (χ2v) is 7.36. The van der Waals surface area contributed by atoms with Gasteiger partial charge in [0.1, 0.15) is 5.69 Å². The average molecular weight is 406 g/mol. The van der Waals surface area contributed by atoms with E-state index in [2.05, 4.69) is 40.4 Å². The molecule has 0 aliphatic heterocycles. The van der Waals surface area contributed by atoms with Crippen LogP contribution in [0.4, 0.5) is 5.69 Å². The number of hydrogen-bond donors (Lipinski definition) is 3. The van der Waals surface area contributed by atoms with Gasteiger partial charge in [-0.05, 0) is 49.7 Å². The predicted octanol–water partition coefficient (Wildman–Crippen LogP) is 3.26. The van der Waals surface area contributed by atoms with E-state index in [-0.39, 0.29) is 5.56 Å². The van der Waals surface area contributed by atoms with Crippen LogP contribution in [0.15, 0.2) is 65.5 Å². The van der Waals surface area contributed by atoms with Gasteiger partial charge in [0, 0.05) is 12.6 Å². The Balaban J connectivity index is 1.50. The summed E-state index contributed by atoms with van der Waals surface area (Å²) in [6.45, 7) is 1.89. The Hall–Kier alpha value is -3.32. The van der Waals surface area contributed by atoms with Crippen molar-refractivity contribution >= 4 is 28.7 Å². The lowest BCUT2D eigenvalue weighted by Crippen LogP contribution is -2.40. The molecule has 7 heteroatoms. The van der Waals surface area contributed by atoms with E-state index in [4.69, 9.17) is 12.2 Å². The van der Waals surface area contributed by atoms with Crippen molar-refractivity contribution in [2.45, 2.75) is 19.8 Å². The summed E-state index contributed by atoms with van der Waals surface area (Å²) < 4.78 is 3.43. The van der Waals surface area contributed by atoms with E-state index < -0.39 is 0 Å². The number of rotatable bonds is 4. The molecule has 0 saturated carbocycles. The van der Waals surface area contributed by atoms with Crippen molar-refractivity contribution in [2.24, 2.45) is 7.05 Å². The van der Waals surface area contributed by atoms with Gasteiger partial charge < -0.3 is 5.32 Å². The molecular weight excluding hydrogens is 382 g/mol. The number of anilines is 1. The molecule has 1 aromatic heterocycles. The standard InChI is InChI=1S/C22H23N5OS/c1-15-20(21(28)27(26(15)2)17-11-4-3-5-12-17)23-22(29)25-24-19-14-8-10-16-9-6-7-13-18(16)19/h3-7,9,11-14,24H,8,10H2,1-2H3,(H2,23,25,29). The number of allylic oxidation sites excluding steroid dienone is 1. The highest BCUT2D eigenvalue weighted by Gasteiger charge is 2.17. The zero-order valence-corrected chi connectivity index (χ0v) is 17.2. The van der Waals surface area contributed by atoms with Crippen LogP contribution in [0.5, 0.6) is 0 Å². The minimum atomic E-state index is -0.150. The number of aryl methyl sites for hydroxylation is 1. The van der Waals surface area contributed by atoms with Crippen molar-refractivity contribution in [3.8, 4) is 5.69 Å². The van der Waals surface area contributed by atoms with Gasteiger partial charge in [-0.25, -0.2) is 4.68 Å². The van der Waals surface area contributed by atoms with Gasteiger partial charge in [-0.1, -0.05) is 48.5 Å². The number of aromatic nitrogens is 2. The van der Waals surface area contributed by atoms with Crippen LogP contribution in [0, 0.1) is 6.92 Å². The fraction of sp³-hybridized carbons (Fsp3) is 0.182. The Morgan fingerprint density at radius 1 is 1.07 bits per heavy atom. The maximum absolute atomic E-state index is 13.0. The molecule has 0 unspecified atom stereocenters. The molecule has 0 amide bonds. The Morgan fingerprint density at radius 3 is 2.59 bits per heavy atom. The van der Waals surface area contributed by atoms with Gasteiger partial charge in [-0.15, -0.1) is 0 Å². The fourth-order valence-electron chi connectivity index (χ4n) is 3.58. The summed E-state index contributed by atoms with van der Waals surface area (Å²) in [5.41, 5.74) is 11.6. The number of hydrazine groups is 1. The Labute approximate surface area is 174 Å². The molecule has 1 aliphatic carbocycles. The van der Waals surface area contributed by atoms with Crippen LogP contribution in [0.3, 0.4) is 0 Å². The molecule has 148 valence electrons. The SMILES string of the molecule is Cc1c(NC(=S)NNC2=CCCc3ccccc32)c(=O)n(-c2ccccc2)n1C. The second-order valence-electron chi connectivity index (χ2n) is 6.95. The summed E-state index contributed by atoms with van der Waals surface area (Å²) in [5, 5.41) is 3.38. The fourth-order valence-corrected chi connectivity index (χ4v) is 3.74. The van der Waals surface area contributed by atoms with Gasteiger partial charge in [-0.3, -0.25) is 20.3 Å². The van der Waals surface area contributed by atoms with Gasteiger partial charge in [0.15, 0.2) is 5.11 Å². The van der Waals surface area contributed by atoms with Crippen LogP contribution in [-0.2, 0) is 13.5 Å². The Bertz CT molecular complexity index is 1140. The quantitative estimate of drug-likeness (QED) is 0.459. The zero-order valence-electron chi connectivity index (χ0n) is 16.4. The largest absolute Gasteiger partial charge is 0.325 e. The minimum absolute atomic E-state index is 0.150. The first-order valence-corrected chi connectivity index (χ1v) is 9.92. The molecule has 3 N–H and O–H groups in total. The third-order valence-corrected chi connectivity index (χ3v) is 5.38. The van der Waals surface area contributed by atoms with Crippen molar-refractivity contribution in [2.75, 3.05) is 5.32 Å². The monoisotopic (exact) mass is 405 g/mol. The van der Waals surface area contributed by atoms with E-state index in [0.29, 0.717) is 10.8 Å². The van der Waals surface area contributed by atoms with Gasteiger partial charge >= 0.3 is 0 Å². The highest BCUT2D eigenvalue weighted by Crippen LogP contribution is 2.23. The van der Waals surface area contributed by atoms with Crippen LogP contribution < -0.4 is 21.7 Å². The third kappa shape index (κ3) is 3.69. The molecule has 0 fully saturated rings. The first-order chi connectivity index (χ1) is 14.1. The molecule has 0 bridgehead atoms. The summed E-state index contributed by atoms with van der Waals surface area (Å²) in [5.74, 6) is 0. The number of para-hydroxylation sites is 1. The maximum atomic E-state index is 13.0. The van der Waals surface area contributed by atoms with Gasteiger partial charge in [0.25, 0.3) is 5.56 Å². The highest BCUT2D eigenvalue weighted by atomic mass is 32.1.